The van der Waals surface area contributed by atoms with Crippen LogP contribution in [-0.2, 0) is 11.3 Å². The summed E-state index contributed by atoms with van der Waals surface area (Å²) in [6.07, 6.45) is 0.935. The normalized spacial score (nSPS) is 14.1. The van der Waals surface area contributed by atoms with Gasteiger partial charge in [-0.15, -0.1) is 0 Å². The van der Waals surface area contributed by atoms with E-state index >= 15 is 0 Å². The van der Waals surface area contributed by atoms with Gasteiger partial charge in [-0.25, -0.2) is 0 Å². The second-order valence-electron chi connectivity index (χ2n) is 6.44. The van der Waals surface area contributed by atoms with Crippen LogP contribution in [0.5, 0.6) is 11.5 Å². The molecule has 0 aliphatic carbocycles. The number of nitrogens with one attached hydrogen (secondary N) is 1. The first kappa shape index (κ1) is 19.6. The summed E-state index contributed by atoms with van der Waals surface area (Å²) in [6, 6.07) is 12.2. The van der Waals surface area contributed by atoms with Gasteiger partial charge in [0, 0.05) is 42.1 Å². The van der Waals surface area contributed by atoms with E-state index in [2.05, 4.69) is 41.4 Å². The molecule has 0 amide bonds. The summed E-state index contributed by atoms with van der Waals surface area (Å²) in [6.45, 7) is 6.77. The fourth-order valence-corrected chi connectivity index (χ4v) is 3.23. The van der Waals surface area contributed by atoms with Crippen molar-refractivity contribution in [1.82, 2.24) is 0 Å². The predicted octanol–water partition coefficient (Wildman–Crippen LogP) is 4.59. The smallest absolute Gasteiger partial charge is 0.162 e. The van der Waals surface area contributed by atoms with E-state index in [4.69, 9.17) is 25.8 Å². The molecule has 3 rings (SSSR count). The first-order chi connectivity index (χ1) is 13.2. The maximum atomic E-state index is 6.44. The van der Waals surface area contributed by atoms with Crippen molar-refractivity contribution in [2.45, 2.75) is 19.9 Å². The summed E-state index contributed by atoms with van der Waals surface area (Å²) in [5.41, 5.74) is 3.24. The number of rotatable bonds is 8. The second kappa shape index (κ2) is 9.72. The molecule has 1 N–H and O–H groups in total. The van der Waals surface area contributed by atoms with Crippen LogP contribution in [0.25, 0.3) is 0 Å². The number of morpholine rings is 1. The fourth-order valence-electron chi connectivity index (χ4n) is 3.01. The fraction of sp³-hybridized carbons (Fsp3) is 0.429. The minimum absolute atomic E-state index is 0.611. The molecule has 6 heteroatoms. The van der Waals surface area contributed by atoms with E-state index < -0.39 is 0 Å². The summed E-state index contributed by atoms with van der Waals surface area (Å²) in [5.74, 6) is 1.38. The van der Waals surface area contributed by atoms with Crippen molar-refractivity contribution in [3.63, 3.8) is 0 Å². The summed E-state index contributed by atoms with van der Waals surface area (Å²) in [5, 5.41) is 4.09. The number of methoxy groups -OCH3 is 1. The van der Waals surface area contributed by atoms with Crippen molar-refractivity contribution in [2.24, 2.45) is 0 Å². The zero-order valence-corrected chi connectivity index (χ0v) is 16.7. The lowest BCUT2D eigenvalue weighted by Gasteiger charge is -2.29. The molecule has 1 fully saturated rings. The van der Waals surface area contributed by atoms with Crippen molar-refractivity contribution in [2.75, 3.05) is 50.2 Å². The first-order valence-electron chi connectivity index (χ1n) is 9.37. The Hall–Kier alpha value is -2.11. The second-order valence-corrected chi connectivity index (χ2v) is 6.85. The van der Waals surface area contributed by atoms with Crippen molar-refractivity contribution >= 4 is 23.0 Å². The predicted molar refractivity (Wildman–Crippen MR) is 111 cm³/mol. The number of anilines is 2. The Balaban J connectivity index is 1.63. The maximum Gasteiger partial charge on any atom is 0.162 e. The lowest BCUT2D eigenvalue weighted by atomic mass is 10.2. The third kappa shape index (κ3) is 5.21. The standard InChI is InChI=1S/C21H27ClN2O3/c1-3-10-27-21-14-19(22)16(13-20(21)25-2)15-23-17-4-6-18(7-5-17)24-8-11-26-12-9-24/h4-7,13-14,23H,3,8-12,15H2,1-2H3. The zero-order chi connectivity index (χ0) is 19.1. The number of halogens is 1. The molecule has 146 valence electrons. The summed E-state index contributed by atoms with van der Waals surface area (Å²) in [4.78, 5) is 2.34. The number of hydrogen-bond acceptors (Lipinski definition) is 5. The van der Waals surface area contributed by atoms with Crippen LogP contribution in [0.2, 0.25) is 5.02 Å². The van der Waals surface area contributed by atoms with Crippen molar-refractivity contribution < 1.29 is 14.2 Å². The summed E-state index contributed by atoms with van der Waals surface area (Å²) in [7, 11) is 1.64. The average Bonchev–Trinajstić information content (AvgIpc) is 2.72. The molecule has 27 heavy (non-hydrogen) atoms. The lowest BCUT2D eigenvalue weighted by Crippen LogP contribution is -2.36. The van der Waals surface area contributed by atoms with Gasteiger partial charge in [0.25, 0.3) is 0 Å². The molecular weight excluding hydrogens is 364 g/mol. The number of ether oxygens (including phenoxy) is 3. The van der Waals surface area contributed by atoms with E-state index in [0.717, 1.165) is 44.0 Å². The van der Waals surface area contributed by atoms with E-state index in [1.807, 2.05) is 12.1 Å². The molecule has 5 nitrogen and oxygen atoms in total. The quantitative estimate of drug-likeness (QED) is 0.714. The summed E-state index contributed by atoms with van der Waals surface area (Å²) < 4.78 is 16.6. The van der Waals surface area contributed by atoms with Crippen molar-refractivity contribution in [1.29, 1.82) is 0 Å². The Morgan fingerprint density at radius 1 is 1.11 bits per heavy atom. The maximum absolute atomic E-state index is 6.44. The molecule has 2 aromatic carbocycles. The number of nitrogens with zero attached hydrogens (tertiary/aromatic N) is 1. The Labute approximate surface area is 166 Å². The van der Waals surface area contributed by atoms with E-state index in [0.29, 0.717) is 29.7 Å². The molecule has 0 bridgehead atoms. The molecule has 0 saturated carbocycles. The van der Waals surface area contributed by atoms with Gasteiger partial charge in [0.05, 0.1) is 26.9 Å². The molecule has 0 spiro atoms. The molecule has 0 atom stereocenters. The average molecular weight is 391 g/mol. The van der Waals surface area contributed by atoms with Crippen LogP contribution in [-0.4, -0.2) is 40.0 Å². The highest BCUT2D eigenvalue weighted by molar-refractivity contribution is 6.31. The Kier molecular flexibility index (Phi) is 7.07. The van der Waals surface area contributed by atoms with Gasteiger partial charge in [-0.1, -0.05) is 18.5 Å². The van der Waals surface area contributed by atoms with Gasteiger partial charge < -0.3 is 24.4 Å². The topological polar surface area (TPSA) is 43.0 Å². The minimum atomic E-state index is 0.611. The van der Waals surface area contributed by atoms with Crippen molar-refractivity contribution in [3.8, 4) is 11.5 Å². The third-order valence-electron chi connectivity index (χ3n) is 4.52. The first-order valence-corrected chi connectivity index (χ1v) is 9.75. The highest BCUT2D eigenvalue weighted by Crippen LogP contribution is 2.34. The molecule has 0 aromatic heterocycles. The van der Waals surface area contributed by atoms with E-state index in [9.17, 15) is 0 Å². The molecule has 1 saturated heterocycles. The highest BCUT2D eigenvalue weighted by Gasteiger charge is 2.12. The van der Waals surface area contributed by atoms with Gasteiger partial charge in [0.2, 0.25) is 0 Å². The molecule has 0 unspecified atom stereocenters. The highest BCUT2D eigenvalue weighted by atomic mass is 35.5. The SMILES string of the molecule is CCCOc1cc(Cl)c(CNc2ccc(N3CCOCC3)cc2)cc1OC. The van der Waals surface area contributed by atoms with Gasteiger partial charge >= 0.3 is 0 Å². The van der Waals surface area contributed by atoms with E-state index in [-0.39, 0.29) is 0 Å². The van der Waals surface area contributed by atoms with Crippen LogP contribution in [0.1, 0.15) is 18.9 Å². The van der Waals surface area contributed by atoms with Gasteiger partial charge in [-0.05, 0) is 42.3 Å². The van der Waals surface area contributed by atoms with Gasteiger partial charge in [0.15, 0.2) is 11.5 Å². The minimum Gasteiger partial charge on any atom is -0.493 e. The molecular formula is C21H27ClN2O3. The van der Waals surface area contributed by atoms with Crippen LogP contribution in [0.3, 0.4) is 0 Å². The molecule has 0 radical (unpaired) electrons. The zero-order valence-electron chi connectivity index (χ0n) is 16.0. The van der Waals surface area contributed by atoms with Crippen LogP contribution in [0, 0.1) is 0 Å². The Morgan fingerprint density at radius 2 is 1.85 bits per heavy atom. The van der Waals surface area contributed by atoms with E-state index in [1.54, 1.807) is 7.11 Å². The summed E-state index contributed by atoms with van der Waals surface area (Å²) >= 11 is 6.44. The number of hydrogen-bond donors (Lipinski definition) is 1. The van der Waals surface area contributed by atoms with Crippen LogP contribution in [0.4, 0.5) is 11.4 Å². The van der Waals surface area contributed by atoms with Crippen LogP contribution >= 0.6 is 11.6 Å². The molecule has 1 heterocycles. The largest absolute Gasteiger partial charge is 0.493 e. The molecule has 1 aliphatic heterocycles. The van der Waals surface area contributed by atoms with Crippen LogP contribution < -0.4 is 19.7 Å². The monoisotopic (exact) mass is 390 g/mol. The van der Waals surface area contributed by atoms with Gasteiger partial charge in [-0.3, -0.25) is 0 Å². The van der Waals surface area contributed by atoms with Crippen molar-refractivity contribution in [3.05, 3.63) is 47.0 Å². The van der Waals surface area contributed by atoms with Gasteiger partial charge in [-0.2, -0.15) is 0 Å². The molecule has 1 aliphatic rings. The third-order valence-corrected chi connectivity index (χ3v) is 4.87. The Bertz CT molecular complexity index is 731. The number of benzene rings is 2. The molecule has 2 aromatic rings. The van der Waals surface area contributed by atoms with Gasteiger partial charge in [0.1, 0.15) is 0 Å². The lowest BCUT2D eigenvalue weighted by molar-refractivity contribution is 0.122. The van der Waals surface area contributed by atoms with Crippen LogP contribution in [0.15, 0.2) is 36.4 Å². The van der Waals surface area contributed by atoms with E-state index in [1.165, 1.54) is 5.69 Å². The Morgan fingerprint density at radius 3 is 2.52 bits per heavy atom.